The highest BCUT2D eigenvalue weighted by Gasteiger charge is 1.93. The summed E-state index contributed by atoms with van der Waals surface area (Å²) in [4.78, 5) is 0. The largest absolute Gasteiger partial charge is 0.349 e. The minimum atomic E-state index is -0.180. The second-order valence-corrected chi connectivity index (χ2v) is 2.31. The molecule has 10 heavy (non-hydrogen) atoms. The summed E-state index contributed by atoms with van der Waals surface area (Å²) in [6.07, 6.45) is 0. The molecule has 0 aliphatic carbocycles. The van der Waals surface area contributed by atoms with E-state index < -0.39 is 0 Å². The van der Waals surface area contributed by atoms with E-state index in [4.69, 9.17) is 5.11 Å². The number of rotatable bonds is 1. The second kappa shape index (κ2) is 3.29. The van der Waals surface area contributed by atoms with Crippen LogP contribution in [0.3, 0.4) is 0 Å². The average molecular weight is 154 g/mol. The van der Waals surface area contributed by atoms with Crippen LogP contribution in [-0.4, -0.2) is 14.4 Å². The maximum absolute atomic E-state index is 10.1. The normalized spacial score (nSPS) is 8.90. The molecule has 0 amide bonds. The highest BCUT2D eigenvalue weighted by Crippen LogP contribution is 1.96. The minimum Gasteiger partial charge on any atom is -0.349 e. The molecule has 0 atom stereocenters. The molecule has 0 spiro atoms. The van der Waals surface area contributed by atoms with Gasteiger partial charge in [-0.05, 0) is 0 Å². The Morgan fingerprint density at radius 1 is 1.30 bits per heavy atom. The number of aliphatic hydroxyl groups is 1. The van der Waals surface area contributed by atoms with Crippen LogP contribution >= 0.6 is 0 Å². The second-order valence-electron chi connectivity index (χ2n) is 1.75. The molecule has 2 nitrogen and oxygen atoms in total. The Labute approximate surface area is 62.2 Å². The molecule has 1 N–H and O–H groups in total. The fraction of sp³-hybridized carbons (Fsp3) is 0. The molecule has 0 radical (unpaired) electrons. The first-order valence-electron chi connectivity index (χ1n) is 2.76. The Bertz CT molecular complexity index is 262. The van der Waals surface area contributed by atoms with Crippen molar-refractivity contribution < 1.29 is 9.32 Å². The van der Waals surface area contributed by atoms with E-state index in [-0.39, 0.29) is 16.3 Å². The van der Waals surface area contributed by atoms with E-state index in [9.17, 15) is 4.21 Å². The van der Waals surface area contributed by atoms with E-state index in [0.29, 0.717) is 5.56 Å². The van der Waals surface area contributed by atoms with Crippen molar-refractivity contribution in [1.82, 2.24) is 0 Å². The van der Waals surface area contributed by atoms with Gasteiger partial charge in [0.05, 0.1) is 0 Å². The highest BCUT2D eigenvalue weighted by molar-refractivity contribution is 7.66. The zero-order valence-corrected chi connectivity index (χ0v) is 5.97. The molecule has 0 bridgehead atoms. The average Bonchev–Trinajstić information content (AvgIpc) is 2.05. The van der Waals surface area contributed by atoms with Crippen LogP contribution in [-0.2, 0) is 11.3 Å². The lowest BCUT2D eigenvalue weighted by Gasteiger charge is -1.91. The zero-order chi connectivity index (χ0) is 7.40. The summed E-state index contributed by atoms with van der Waals surface area (Å²) < 4.78 is 10.1. The van der Waals surface area contributed by atoms with Gasteiger partial charge < -0.3 is 5.11 Å². The van der Waals surface area contributed by atoms with Crippen molar-refractivity contribution in [3.05, 3.63) is 35.9 Å². The molecule has 0 unspecified atom stereocenters. The lowest BCUT2D eigenvalue weighted by Crippen LogP contribution is -1.96. The van der Waals surface area contributed by atoms with Crippen molar-refractivity contribution in [3.8, 4) is 0 Å². The van der Waals surface area contributed by atoms with Gasteiger partial charge in [-0.15, -0.1) is 0 Å². The molecule has 0 fully saturated rings. The number of aliphatic hydroxyl groups excluding tert-OH is 1. The highest BCUT2D eigenvalue weighted by atomic mass is 32.1. The summed E-state index contributed by atoms with van der Waals surface area (Å²) in [5.74, 6) is 0. The predicted molar refractivity (Wildman–Crippen MR) is 41.3 cm³/mol. The third-order valence-corrected chi connectivity index (χ3v) is 1.49. The van der Waals surface area contributed by atoms with E-state index in [2.05, 4.69) is 0 Å². The van der Waals surface area contributed by atoms with Crippen LogP contribution < -0.4 is 0 Å². The van der Waals surface area contributed by atoms with Crippen LogP contribution in [0.15, 0.2) is 30.3 Å². The van der Waals surface area contributed by atoms with E-state index >= 15 is 0 Å². The van der Waals surface area contributed by atoms with Crippen LogP contribution in [0.25, 0.3) is 0 Å². The summed E-state index contributed by atoms with van der Waals surface area (Å²) in [6.45, 7) is 0. The molecule has 52 valence electrons. The summed E-state index contributed by atoms with van der Waals surface area (Å²) in [5, 5.41) is 8.72. The van der Waals surface area contributed by atoms with Crippen molar-refractivity contribution in [3.63, 3.8) is 0 Å². The Balaban J connectivity index is 3.08. The third-order valence-electron chi connectivity index (χ3n) is 1.10. The Kier molecular flexibility index (Phi) is 2.36. The number of hydrogen-bond donors (Lipinski definition) is 1. The lowest BCUT2D eigenvalue weighted by molar-refractivity contribution is 0.568. The molecule has 0 heterocycles. The maximum atomic E-state index is 10.1. The molecule has 3 heteroatoms. The summed E-state index contributed by atoms with van der Waals surface area (Å²) in [6, 6.07) is 8.72. The van der Waals surface area contributed by atoms with Crippen molar-refractivity contribution in [1.29, 1.82) is 0 Å². The lowest BCUT2D eigenvalue weighted by atomic mass is 10.2. The van der Waals surface area contributed by atoms with Crippen LogP contribution in [0, 0.1) is 0 Å². The fourth-order valence-corrected chi connectivity index (χ4v) is 0.861. The van der Waals surface area contributed by atoms with E-state index in [1.807, 2.05) is 6.07 Å². The minimum absolute atomic E-state index is 0.100. The van der Waals surface area contributed by atoms with Crippen LogP contribution in [0.2, 0.25) is 0 Å². The van der Waals surface area contributed by atoms with Crippen molar-refractivity contribution >= 4 is 16.3 Å². The van der Waals surface area contributed by atoms with Crippen LogP contribution in [0.5, 0.6) is 0 Å². The first-order valence-corrected chi connectivity index (χ1v) is 3.50. The van der Waals surface area contributed by atoms with Crippen molar-refractivity contribution in [2.24, 2.45) is 0 Å². The molecule has 0 aliphatic heterocycles. The fourth-order valence-electron chi connectivity index (χ4n) is 0.629. The van der Waals surface area contributed by atoms with Gasteiger partial charge in [0.15, 0.2) is 5.05 Å². The van der Waals surface area contributed by atoms with Gasteiger partial charge in [-0.2, -0.15) is 0 Å². The van der Waals surface area contributed by atoms with Gasteiger partial charge in [0.25, 0.3) is 0 Å². The maximum Gasteiger partial charge on any atom is 0.174 e. The van der Waals surface area contributed by atoms with Crippen molar-refractivity contribution in [2.45, 2.75) is 0 Å². The predicted octanol–water partition coefficient (Wildman–Crippen LogP) is 0.936. The summed E-state index contributed by atoms with van der Waals surface area (Å²) in [7, 11) is 0. The number of hydrogen-bond acceptors (Lipinski definition) is 1. The molecule has 0 aromatic heterocycles. The Morgan fingerprint density at radius 2 is 1.90 bits per heavy atom. The van der Waals surface area contributed by atoms with E-state index in [1.54, 1.807) is 24.3 Å². The van der Waals surface area contributed by atoms with Gasteiger partial charge >= 0.3 is 0 Å². The molecule has 0 aliphatic rings. The molecule has 1 aromatic carbocycles. The van der Waals surface area contributed by atoms with E-state index in [0.717, 1.165) is 0 Å². The molecule has 0 saturated carbocycles. The van der Waals surface area contributed by atoms with Crippen LogP contribution in [0.1, 0.15) is 5.56 Å². The number of benzene rings is 1. The Morgan fingerprint density at radius 3 is 2.40 bits per heavy atom. The monoisotopic (exact) mass is 154 g/mol. The Hall–Kier alpha value is -0.930. The zero-order valence-electron chi connectivity index (χ0n) is 5.15. The third kappa shape index (κ3) is 1.52. The van der Waals surface area contributed by atoms with Crippen molar-refractivity contribution in [2.75, 3.05) is 0 Å². The summed E-state index contributed by atoms with van der Waals surface area (Å²) >= 11 is 0.100. The SMILES string of the molecule is O=S=C(O)c1ccccc1. The topological polar surface area (TPSA) is 37.3 Å². The van der Waals surface area contributed by atoms with Gasteiger partial charge in [0.1, 0.15) is 11.3 Å². The standard InChI is InChI=1S/C7H6O2S/c8-7(10-9)6-4-2-1-3-5-6/h1-5,8H. The first kappa shape index (κ1) is 7.18. The van der Waals surface area contributed by atoms with Gasteiger partial charge in [0, 0.05) is 5.56 Å². The van der Waals surface area contributed by atoms with Gasteiger partial charge in [0.2, 0.25) is 0 Å². The van der Waals surface area contributed by atoms with Gasteiger partial charge in [-0.1, -0.05) is 30.3 Å². The van der Waals surface area contributed by atoms with Gasteiger partial charge in [-0.3, -0.25) is 0 Å². The molecular weight excluding hydrogens is 148 g/mol. The quantitative estimate of drug-likeness (QED) is 0.611. The first-order chi connectivity index (χ1) is 4.84. The van der Waals surface area contributed by atoms with E-state index in [1.165, 1.54) is 0 Å². The smallest absolute Gasteiger partial charge is 0.174 e. The molecular formula is C7H6O2S. The van der Waals surface area contributed by atoms with Gasteiger partial charge in [-0.25, -0.2) is 4.21 Å². The molecule has 1 aromatic rings. The van der Waals surface area contributed by atoms with Crippen LogP contribution in [0.4, 0.5) is 0 Å². The molecule has 1 rings (SSSR count). The molecule has 0 saturated heterocycles. The summed E-state index contributed by atoms with van der Waals surface area (Å²) in [5.41, 5.74) is 0.572.